The molecule has 1 aliphatic rings. The van der Waals surface area contributed by atoms with E-state index in [0.29, 0.717) is 11.3 Å². The highest BCUT2D eigenvalue weighted by molar-refractivity contribution is 5.95. The molecule has 1 unspecified atom stereocenters. The molecule has 1 fully saturated rings. The van der Waals surface area contributed by atoms with Crippen LogP contribution in [0.1, 0.15) is 132 Å². The third-order valence-electron chi connectivity index (χ3n) is 8.93. The van der Waals surface area contributed by atoms with Crippen LogP contribution in [-0.4, -0.2) is 11.9 Å². The molecule has 0 saturated heterocycles. The van der Waals surface area contributed by atoms with Gasteiger partial charge in [0.15, 0.2) is 5.78 Å². The van der Waals surface area contributed by atoms with E-state index in [1.165, 1.54) is 51.4 Å². The Hall–Kier alpha value is -3.90. The van der Waals surface area contributed by atoms with Gasteiger partial charge in [-0.15, -0.1) is 6.58 Å². The first kappa shape index (κ1) is 35.6. The summed E-state index contributed by atoms with van der Waals surface area (Å²) in [4.78, 5) is 11.7. The van der Waals surface area contributed by atoms with Crippen LogP contribution in [-0.2, 0) is 0 Å². The Balaban J connectivity index is 0.000000580. The number of ether oxygens (including phenoxy) is 1. The maximum Gasteiger partial charge on any atom is 0.159 e. The number of rotatable bonds is 12. The molecule has 3 heteroatoms. The normalized spacial score (nSPS) is 14.1. The zero-order chi connectivity index (χ0) is 32.8. The molecule has 1 saturated carbocycles. The van der Waals surface area contributed by atoms with Crippen molar-refractivity contribution in [1.82, 2.24) is 0 Å². The molecule has 0 radical (unpaired) electrons. The van der Waals surface area contributed by atoms with Crippen molar-refractivity contribution < 1.29 is 11.0 Å². The first-order chi connectivity index (χ1) is 21.7. The van der Waals surface area contributed by atoms with E-state index in [-0.39, 0.29) is 13.3 Å². The minimum absolute atomic E-state index is 0. The Morgan fingerprint density at radius 3 is 2.47 bits per heavy atom. The fraction of sp³-hybridized carbons (Fsp3) is 0.429. The molecular formula is C42H55NO2. The lowest BCUT2D eigenvalue weighted by Crippen LogP contribution is -2.20. The van der Waals surface area contributed by atoms with Crippen LogP contribution in [0, 0.1) is 31.1 Å². The van der Waals surface area contributed by atoms with Gasteiger partial charge in [-0.05, 0) is 123 Å². The van der Waals surface area contributed by atoms with Crippen molar-refractivity contribution in [1.29, 1.82) is 5.26 Å². The molecule has 0 bridgehead atoms. The van der Waals surface area contributed by atoms with Crippen molar-refractivity contribution in [2.75, 3.05) is 0 Å². The summed E-state index contributed by atoms with van der Waals surface area (Å²) in [5, 5.41) is 9.81. The summed E-state index contributed by atoms with van der Waals surface area (Å²) < 4.78 is 6.21. The van der Waals surface area contributed by atoms with Crippen LogP contribution in [0.3, 0.4) is 0 Å². The lowest BCUT2D eigenvalue weighted by molar-refractivity contribution is 0.101. The lowest BCUT2D eigenvalue weighted by atomic mass is 9.92. The number of unbranched alkanes of at least 4 members (excludes halogenated alkanes) is 2. The Bertz CT molecular complexity index is 1510. The number of nitrogens with zero attached hydrogens (tertiary/aromatic N) is 1. The zero-order valence-corrected chi connectivity index (χ0v) is 28.5. The lowest BCUT2D eigenvalue weighted by Gasteiger charge is -2.23. The van der Waals surface area contributed by atoms with Crippen LogP contribution >= 0.6 is 0 Å². The van der Waals surface area contributed by atoms with Crippen LogP contribution in [0.15, 0.2) is 67.3 Å². The number of carbonyl (C=O) groups is 1. The van der Waals surface area contributed by atoms with Gasteiger partial charge in [0, 0.05) is 6.99 Å². The van der Waals surface area contributed by atoms with Gasteiger partial charge in [-0.25, -0.2) is 0 Å². The summed E-state index contributed by atoms with van der Waals surface area (Å²) in [6, 6.07) is 20.5. The van der Waals surface area contributed by atoms with E-state index in [9.17, 15) is 10.1 Å². The van der Waals surface area contributed by atoms with Gasteiger partial charge in [0.25, 0.3) is 0 Å². The van der Waals surface area contributed by atoms with Crippen LogP contribution in [0.2, 0.25) is 0 Å². The second-order valence-electron chi connectivity index (χ2n) is 12.8. The van der Waals surface area contributed by atoms with Crippen molar-refractivity contribution in [3.8, 4) is 22.9 Å². The molecular weight excluding hydrogens is 550 g/mol. The van der Waals surface area contributed by atoms with E-state index in [1.54, 1.807) is 6.92 Å². The molecule has 3 nitrogen and oxygen atoms in total. The van der Waals surface area contributed by atoms with E-state index >= 15 is 0 Å². The van der Waals surface area contributed by atoms with Gasteiger partial charge in [0.1, 0.15) is 11.8 Å². The molecule has 0 N–H and O–H groups in total. The number of carbonyl (C=O) groups excluding carboxylic acids is 1. The van der Waals surface area contributed by atoms with E-state index < -0.39 is 0 Å². The van der Waals surface area contributed by atoms with Crippen molar-refractivity contribution in [2.45, 2.75) is 112 Å². The van der Waals surface area contributed by atoms with Gasteiger partial charge in [0.05, 0.1) is 11.7 Å². The number of benzene rings is 3. The number of allylic oxidation sites excluding steroid dienone is 2. The molecule has 3 aromatic rings. The summed E-state index contributed by atoms with van der Waals surface area (Å²) in [5.74, 6) is 1.62. The minimum Gasteiger partial charge on any atom is -0.489 e. The highest BCUT2D eigenvalue weighted by Gasteiger charge is 2.17. The highest BCUT2D eigenvalue weighted by Crippen LogP contribution is 2.33. The standard InChI is InChI=1S/C32H33NO2.C10H20.H2/c1-21(30-15-13-26(24(4)34)18-22(30)2)17-25-9-8-12-31(23(25)3)27-14-16-32(28(19-27)20-33)35-29-10-6-5-7-11-29;1-4-6-7-9-10(3)8-5-2;/h8-9,12-19,29H,5-7,10-11H2,1-4H3;5,10H,2,4,6-9H2,1,3H3;1H/b21-17+;;. The monoisotopic (exact) mass is 605 g/mol. The summed E-state index contributed by atoms with van der Waals surface area (Å²) in [6.07, 6.45) is 16.9. The topological polar surface area (TPSA) is 50.1 Å². The quantitative estimate of drug-likeness (QED) is 0.0893. The molecule has 0 aromatic heterocycles. The Morgan fingerprint density at radius 2 is 1.82 bits per heavy atom. The van der Waals surface area contributed by atoms with Crippen molar-refractivity contribution in [2.24, 2.45) is 5.92 Å². The summed E-state index contributed by atoms with van der Waals surface area (Å²) in [6.45, 7) is 16.1. The molecule has 1 atom stereocenters. The number of Topliss-reactive ketones (excluding diaryl/α,β-unsaturated/α-hetero) is 1. The van der Waals surface area contributed by atoms with Crippen LogP contribution < -0.4 is 4.74 Å². The Kier molecular flexibility index (Phi) is 14.4. The second-order valence-corrected chi connectivity index (χ2v) is 12.8. The van der Waals surface area contributed by atoms with E-state index in [0.717, 1.165) is 63.3 Å². The molecule has 0 heterocycles. The number of ketones is 1. The van der Waals surface area contributed by atoms with Crippen molar-refractivity contribution in [3.05, 3.63) is 101 Å². The number of hydrogen-bond acceptors (Lipinski definition) is 3. The van der Waals surface area contributed by atoms with Crippen LogP contribution in [0.4, 0.5) is 0 Å². The number of nitriles is 1. The largest absolute Gasteiger partial charge is 0.489 e. The molecule has 1 aliphatic carbocycles. The van der Waals surface area contributed by atoms with E-state index in [2.05, 4.69) is 70.7 Å². The third kappa shape index (κ3) is 10.6. The van der Waals surface area contributed by atoms with Crippen molar-refractivity contribution in [3.63, 3.8) is 0 Å². The second kappa shape index (κ2) is 18.2. The van der Waals surface area contributed by atoms with Gasteiger partial charge in [-0.2, -0.15) is 5.26 Å². The van der Waals surface area contributed by atoms with Crippen LogP contribution in [0.5, 0.6) is 5.75 Å². The highest BCUT2D eigenvalue weighted by atomic mass is 16.5. The van der Waals surface area contributed by atoms with Crippen molar-refractivity contribution >= 4 is 17.4 Å². The molecule has 45 heavy (non-hydrogen) atoms. The predicted molar refractivity (Wildman–Crippen MR) is 194 cm³/mol. The number of hydrogen-bond donors (Lipinski definition) is 0. The van der Waals surface area contributed by atoms with Crippen LogP contribution in [0.25, 0.3) is 22.8 Å². The Labute approximate surface area is 274 Å². The fourth-order valence-corrected chi connectivity index (χ4v) is 6.15. The van der Waals surface area contributed by atoms with Gasteiger partial charge < -0.3 is 4.74 Å². The average Bonchev–Trinajstić information content (AvgIpc) is 3.03. The van der Waals surface area contributed by atoms with Gasteiger partial charge in [-0.1, -0.05) is 94.5 Å². The van der Waals surface area contributed by atoms with Gasteiger partial charge in [-0.3, -0.25) is 4.79 Å². The first-order valence-electron chi connectivity index (χ1n) is 16.9. The molecule has 0 amide bonds. The fourth-order valence-electron chi connectivity index (χ4n) is 6.15. The van der Waals surface area contributed by atoms with Gasteiger partial charge >= 0.3 is 0 Å². The summed E-state index contributed by atoms with van der Waals surface area (Å²) in [7, 11) is 0. The Morgan fingerprint density at radius 1 is 1.07 bits per heavy atom. The smallest absolute Gasteiger partial charge is 0.159 e. The molecule has 3 aromatic carbocycles. The maximum absolute atomic E-state index is 11.7. The molecule has 0 spiro atoms. The van der Waals surface area contributed by atoms with Gasteiger partial charge in [0.2, 0.25) is 0 Å². The maximum atomic E-state index is 11.7. The minimum atomic E-state index is 0. The summed E-state index contributed by atoms with van der Waals surface area (Å²) >= 11 is 0. The first-order valence-corrected chi connectivity index (χ1v) is 16.9. The average molecular weight is 606 g/mol. The molecule has 0 aliphatic heterocycles. The molecule has 240 valence electrons. The third-order valence-corrected chi connectivity index (χ3v) is 8.93. The van der Waals surface area contributed by atoms with E-state index in [4.69, 9.17) is 4.74 Å². The predicted octanol–water partition coefficient (Wildman–Crippen LogP) is 12.3. The SMILES string of the molecule is C=CCC(C)CCCCC.CC(=O)c1ccc(/C(C)=C/c2cccc(-c3ccc(OC4CCCCC4)c(C#N)c3)c2C)c(C)c1.[HH]. The number of aryl methyl sites for hydroxylation is 1. The summed E-state index contributed by atoms with van der Waals surface area (Å²) in [5.41, 5.74) is 9.12. The molecule has 4 rings (SSSR count). The van der Waals surface area contributed by atoms with E-state index in [1.807, 2.05) is 43.3 Å². The zero-order valence-electron chi connectivity index (χ0n) is 28.5.